The Morgan fingerprint density at radius 3 is 2.76 bits per heavy atom. The number of thiazole rings is 1. The average molecular weight is 485 g/mol. The van der Waals surface area contributed by atoms with Crippen LogP contribution in [0.25, 0.3) is 0 Å². The molecule has 4 nitrogen and oxygen atoms in total. The third kappa shape index (κ3) is 4.39. The number of rotatable bonds is 5. The highest BCUT2D eigenvalue weighted by atomic mass is 32.2. The van der Waals surface area contributed by atoms with Gasteiger partial charge >= 0.3 is 0 Å². The van der Waals surface area contributed by atoms with E-state index in [9.17, 15) is 9.90 Å². The highest BCUT2D eigenvalue weighted by Gasteiger charge is 2.54. The van der Waals surface area contributed by atoms with Gasteiger partial charge in [-0.3, -0.25) is 4.79 Å². The molecular weight excluding hydrogens is 448 g/mol. The maximum atomic E-state index is 13.1. The largest absolute Gasteiger partial charge is 0.392 e. The fourth-order valence-corrected chi connectivity index (χ4v) is 9.01. The number of likely N-dealkylation sites (tertiary alicyclic amines) is 1. The molecule has 3 aliphatic rings. The summed E-state index contributed by atoms with van der Waals surface area (Å²) < 4.78 is 0. The molecule has 1 aliphatic heterocycles. The molecule has 2 heterocycles. The Hall–Kier alpha value is -1.37. The summed E-state index contributed by atoms with van der Waals surface area (Å²) in [5.41, 5.74) is 1.28. The third-order valence-electron chi connectivity index (χ3n) is 8.52. The fourth-order valence-electron chi connectivity index (χ4n) is 6.73. The predicted molar refractivity (Wildman–Crippen MR) is 136 cm³/mol. The monoisotopic (exact) mass is 484 g/mol. The second kappa shape index (κ2) is 9.35. The van der Waals surface area contributed by atoms with Gasteiger partial charge in [0.15, 0.2) is 0 Å². The topological polar surface area (TPSA) is 53.4 Å². The number of aliphatic hydroxyl groups is 1. The highest BCUT2D eigenvalue weighted by Crippen LogP contribution is 2.57. The molecule has 6 unspecified atom stereocenters. The zero-order chi connectivity index (χ0) is 23.2. The number of nitrogens with zero attached hydrogens (tertiary/aromatic N) is 2. The number of aliphatic hydroxyl groups excluding tert-OH is 1. The van der Waals surface area contributed by atoms with E-state index >= 15 is 0 Å². The van der Waals surface area contributed by atoms with E-state index < -0.39 is 6.10 Å². The smallest absolute Gasteiger partial charge is 0.225 e. The first kappa shape index (κ1) is 23.4. The van der Waals surface area contributed by atoms with Gasteiger partial charge in [-0.05, 0) is 61.5 Å². The van der Waals surface area contributed by atoms with Gasteiger partial charge in [-0.25, -0.2) is 4.98 Å². The minimum Gasteiger partial charge on any atom is -0.392 e. The molecule has 2 aliphatic carbocycles. The molecule has 2 aromatic rings. The van der Waals surface area contributed by atoms with Gasteiger partial charge in [0.1, 0.15) is 5.01 Å². The number of fused-ring (bicyclic) bond motifs is 2. The van der Waals surface area contributed by atoms with Crippen molar-refractivity contribution in [3.05, 3.63) is 45.9 Å². The first-order valence-electron chi connectivity index (χ1n) is 12.5. The summed E-state index contributed by atoms with van der Waals surface area (Å²) in [5.74, 6) is 1.46. The van der Waals surface area contributed by atoms with Crippen molar-refractivity contribution in [1.29, 1.82) is 0 Å². The molecule has 0 bridgehead atoms. The minimum absolute atomic E-state index is 0.0481. The van der Waals surface area contributed by atoms with E-state index in [-0.39, 0.29) is 35.0 Å². The van der Waals surface area contributed by atoms with Gasteiger partial charge in [-0.2, -0.15) is 0 Å². The molecule has 178 valence electrons. The van der Waals surface area contributed by atoms with Gasteiger partial charge in [0, 0.05) is 34.7 Å². The Morgan fingerprint density at radius 2 is 2.03 bits per heavy atom. The van der Waals surface area contributed by atoms with Crippen molar-refractivity contribution >= 4 is 29.0 Å². The van der Waals surface area contributed by atoms with Crippen LogP contribution in [0.4, 0.5) is 0 Å². The number of thioether (sulfide) groups is 1. The highest BCUT2D eigenvalue weighted by molar-refractivity contribution is 7.98. The maximum Gasteiger partial charge on any atom is 0.225 e. The van der Waals surface area contributed by atoms with Crippen molar-refractivity contribution in [2.45, 2.75) is 75.5 Å². The third-order valence-corrected chi connectivity index (χ3v) is 10.8. The van der Waals surface area contributed by atoms with Crippen molar-refractivity contribution in [3.8, 4) is 0 Å². The number of amides is 1. The quantitative estimate of drug-likeness (QED) is 0.549. The average Bonchev–Trinajstić information content (AvgIpc) is 3.47. The normalized spacial score (nSPS) is 32.3. The maximum absolute atomic E-state index is 13.1. The van der Waals surface area contributed by atoms with Crippen LogP contribution in [0.1, 0.15) is 68.0 Å². The number of carbonyl (C=O) groups excluding carboxylic acids is 1. The van der Waals surface area contributed by atoms with Crippen LogP contribution in [0.15, 0.2) is 35.2 Å². The van der Waals surface area contributed by atoms with E-state index in [0.29, 0.717) is 0 Å². The van der Waals surface area contributed by atoms with E-state index in [0.717, 1.165) is 50.9 Å². The molecule has 1 saturated carbocycles. The molecule has 1 aromatic carbocycles. The second-order valence-corrected chi connectivity index (χ2v) is 12.9. The lowest BCUT2D eigenvalue weighted by Crippen LogP contribution is -2.53. The number of hydrogen-bond donors (Lipinski definition) is 1. The summed E-state index contributed by atoms with van der Waals surface area (Å²) in [5, 5.41) is 12.8. The minimum atomic E-state index is -0.447. The zero-order valence-electron chi connectivity index (χ0n) is 20.0. The first-order chi connectivity index (χ1) is 15.9. The van der Waals surface area contributed by atoms with Crippen LogP contribution in [0.3, 0.4) is 0 Å². The summed E-state index contributed by atoms with van der Waals surface area (Å²) in [4.78, 5) is 22.9. The fraction of sp³-hybridized carbons (Fsp3) is 0.630. The number of hydrogen-bond acceptors (Lipinski definition) is 5. The van der Waals surface area contributed by atoms with Gasteiger partial charge in [0.05, 0.1) is 17.6 Å². The molecule has 0 spiro atoms. The molecule has 2 fully saturated rings. The van der Waals surface area contributed by atoms with Crippen LogP contribution in [-0.4, -0.2) is 40.1 Å². The number of benzene rings is 1. The molecule has 1 N–H and O–H groups in total. The van der Waals surface area contributed by atoms with Crippen LogP contribution in [-0.2, 0) is 17.0 Å². The van der Waals surface area contributed by atoms with Gasteiger partial charge in [0.2, 0.25) is 5.91 Å². The molecular formula is C27H36N2O2S2. The second-order valence-electron chi connectivity index (χ2n) is 10.7. The van der Waals surface area contributed by atoms with Crippen molar-refractivity contribution in [2.24, 2.45) is 23.2 Å². The Balaban J connectivity index is 1.33. The molecule has 1 saturated heterocycles. The molecule has 0 radical (unpaired) electrons. The Labute approximate surface area is 206 Å². The standard InChI is InChI=1S/C27H36N2O2S2/c1-17(26(31)29-13-7-8-14-29)20-11-12-27(3)15-21-24(18(2)23(27)25(20)30)28-22(33-21)16-32-19-9-5-4-6-10-19/h4-6,9-10,17-18,20,23,25,30H,7-8,11-16H2,1-3H3. The van der Waals surface area contributed by atoms with Crippen molar-refractivity contribution in [1.82, 2.24) is 9.88 Å². The van der Waals surface area contributed by atoms with Crippen LogP contribution in [0.5, 0.6) is 0 Å². The van der Waals surface area contributed by atoms with E-state index in [1.807, 2.05) is 28.0 Å². The number of carbonyl (C=O) groups is 1. The molecule has 6 atom stereocenters. The Kier molecular flexibility index (Phi) is 6.62. The molecule has 1 aromatic heterocycles. The predicted octanol–water partition coefficient (Wildman–Crippen LogP) is 5.75. The first-order valence-corrected chi connectivity index (χ1v) is 14.3. The summed E-state index contributed by atoms with van der Waals surface area (Å²) in [6, 6.07) is 10.5. The molecule has 5 rings (SSSR count). The van der Waals surface area contributed by atoms with Crippen LogP contribution >= 0.6 is 23.1 Å². The van der Waals surface area contributed by atoms with E-state index in [2.05, 4.69) is 51.1 Å². The van der Waals surface area contributed by atoms with Crippen molar-refractivity contribution < 1.29 is 9.90 Å². The van der Waals surface area contributed by atoms with Crippen LogP contribution in [0, 0.1) is 23.2 Å². The molecule has 1 amide bonds. The Morgan fingerprint density at radius 1 is 1.30 bits per heavy atom. The molecule has 6 heteroatoms. The van der Waals surface area contributed by atoms with Gasteiger partial charge < -0.3 is 10.0 Å². The van der Waals surface area contributed by atoms with Crippen molar-refractivity contribution in [3.63, 3.8) is 0 Å². The molecule has 33 heavy (non-hydrogen) atoms. The van der Waals surface area contributed by atoms with E-state index in [1.165, 1.54) is 20.5 Å². The lowest BCUT2D eigenvalue weighted by molar-refractivity contribution is -0.143. The zero-order valence-corrected chi connectivity index (χ0v) is 21.6. The van der Waals surface area contributed by atoms with Gasteiger partial charge in [-0.15, -0.1) is 23.1 Å². The van der Waals surface area contributed by atoms with Crippen LogP contribution in [0.2, 0.25) is 0 Å². The summed E-state index contributed by atoms with van der Waals surface area (Å²) >= 11 is 3.71. The lowest BCUT2D eigenvalue weighted by Gasteiger charge is -2.53. The summed E-state index contributed by atoms with van der Waals surface area (Å²) in [7, 11) is 0. The summed E-state index contributed by atoms with van der Waals surface area (Å²) in [6.07, 6.45) is 4.79. The Bertz CT molecular complexity index is 987. The van der Waals surface area contributed by atoms with Gasteiger partial charge in [-0.1, -0.05) is 39.0 Å². The number of aromatic nitrogens is 1. The lowest BCUT2D eigenvalue weighted by atomic mass is 9.53. The van der Waals surface area contributed by atoms with Crippen LogP contribution < -0.4 is 0 Å². The van der Waals surface area contributed by atoms with E-state index in [1.54, 1.807) is 0 Å². The van der Waals surface area contributed by atoms with Crippen molar-refractivity contribution in [2.75, 3.05) is 13.1 Å². The SMILES string of the molecule is CC(C(=O)N1CCCC1)C1CCC2(C)Cc3sc(CSc4ccccc4)nc3C(C)C2C1O. The van der Waals surface area contributed by atoms with Gasteiger partial charge in [0.25, 0.3) is 0 Å². The van der Waals surface area contributed by atoms with E-state index in [4.69, 9.17) is 4.98 Å². The summed E-state index contributed by atoms with van der Waals surface area (Å²) in [6.45, 7) is 8.44.